The van der Waals surface area contributed by atoms with E-state index in [2.05, 4.69) is 203 Å². The fourth-order valence-electron chi connectivity index (χ4n) is 9.70. The lowest BCUT2D eigenvalue weighted by Crippen LogP contribution is -2.36. The molecule has 264 valence electrons. The number of allylic oxidation sites excluding steroid dienone is 1. The van der Waals surface area contributed by atoms with E-state index in [1.807, 2.05) is 12.1 Å². The highest BCUT2D eigenvalue weighted by Crippen LogP contribution is 2.55. The van der Waals surface area contributed by atoms with E-state index in [4.69, 9.17) is 0 Å². The summed E-state index contributed by atoms with van der Waals surface area (Å²) in [4.78, 5) is 0. The van der Waals surface area contributed by atoms with E-state index in [1.165, 1.54) is 21.5 Å². The quantitative estimate of drug-likeness (QED) is 0.170. The monoisotopic (exact) mass is 724 g/mol. The van der Waals surface area contributed by atoms with Gasteiger partial charge in [-0.25, -0.2) is 0 Å². The van der Waals surface area contributed by atoms with Crippen LogP contribution in [0.15, 0.2) is 200 Å². The number of rotatable bonds is 4. The van der Waals surface area contributed by atoms with Crippen LogP contribution in [0.2, 0.25) is 0 Å². The van der Waals surface area contributed by atoms with Crippen LogP contribution in [0, 0.1) is 22.7 Å². The Kier molecular flexibility index (Phi) is 7.17. The SMILES string of the molecule is N#CC(C#N)=C1c2ccccc2C(c2ccccc2)(c2cc(-n3c4ccccc4c4ccccc43)cc(-n3c4ccccc4c4ccccc43)c2)c2ccccc21. The van der Waals surface area contributed by atoms with Crippen molar-refractivity contribution in [1.82, 2.24) is 9.13 Å². The first-order valence-corrected chi connectivity index (χ1v) is 19.1. The predicted octanol–water partition coefficient (Wildman–Crippen LogP) is 12.4. The third-order valence-corrected chi connectivity index (χ3v) is 11.9. The first-order chi connectivity index (χ1) is 28.2. The van der Waals surface area contributed by atoms with Crippen molar-refractivity contribution in [2.45, 2.75) is 5.41 Å². The molecule has 0 saturated heterocycles. The summed E-state index contributed by atoms with van der Waals surface area (Å²) in [5.41, 5.74) is 12.4. The highest BCUT2D eigenvalue weighted by atomic mass is 15.0. The van der Waals surface area contributed by atoms with Crippen LogP contribution in [0.3, 0.4) is 0 Å². The Morgan fingerprint density at radius 2 is 0.754 bits per heavy atom. The first-order valence-electron chi connectivity index (χ1n) is 19.1. The molecule has 57 heavy (non-hydrogen) atoms. The molecule has 0 spiro atoms. The second-order valence-corrected chi connectivity index (χ2v) is 14.7. The van der Waals surface area contributed by atoms with Crippen molar-refractivity contribution in [2.75, 3.05) is 0 Å². The number of nitriles is 2. The summed E-state index contributed by atoms with van der Waals surface area (Å²) in [7, 11) is 0. The van der Waals surface area contributed by atoms with Gasteiger partial charge in [-0.1, -0.05) is 152 Å². The molecule has 0 bridgehead atoms. The van der Waals surface area contributed by atoms with Crippen LogP contribution in [0.1, 0.15) is 33.4 Å². The number of nitrogens with zero attached hydrogens (tertiary/aromatic N) is 4. The predicted molar refractivity (Wildman–Crippen MR) is 231 cm³/mol. The van der Waals surface area contributed by atoms with E-state index >= 15 is 0 Å². The molecule has 0 unspecified atom stereocenters. The normalized spacial score (nSPS) is 14.7. The van der Waals surface area contributed by atoms with Gasteiger partial charge in [-0.3, -0.25) is 0 Å². The number of hydrogen-bond donors (Lipinski definition) is 0. The molecule has 4 heteroatoms. The standard InChI is InChI=1S/C53H32N4/c54-33-35(34-55)52-44-22-4-10-24-46(44)53(36-16-2-1-3-17-36,47-25-11-5-23-45(47)52)37-30-38(56-48-26-12-6-18-40(48)41-19-7-13-27-49(41)56)32-39(31-37)57-50-28-14-8-20-42(50)43-21-9-15-29-51(43)57/h1-32H. The average molecular weight is 725 g/mol. The number of aromatic nitrogens is 2. The molecule has 0 radical (unpaired) electrons. The van der Waals surface area contributed by atoms with Crippen LogP contribution in [-0.2, 0) is 5.41 Å². The third-order valence-electron chi connectivity index (χ3n) is 11.9. The molecule has 0 fully saturated rings. The minimum absolute atomic E-state index is 0.0987. The fraction of sp³-hybridized carbons (Fsp3) is 0.0189. The van der Waals surface area contributed by atoms with Gasteiger partial charge in [0.05, 0.1) is 27.5 Å². The van der Waals surface area contributed by atoms with E-state index in [9.17, 15) is 10.5 Å². The highest BCUT2D eigenvalue weighted by molar-refractivity contribution is 6.10. The van der Waals surface area contributed by atoms with Crippen LogP contribution >= 0.6 is 0 Å². The summed E-state index contributed by atoms with van der Waals surface area (Å²) in [6, 6.07) is 73.5. The lowest BCUT2D eigenvalue weighted by molar-refractivity contribution is 0.729. The zero-order valence-corrected chi connectivity index (χ0v) is 30.8. The van der Waals surface area contributed by atoms with Gasteiger partial charge in [-0.15, -0.1) is 0 Å². The number of para-hydroxylation sites is 4. The van der Waals surface area contributed by atoms with Crippen LogP contribution in [-0.4, -0.2) is 9.13 Å². The maximum absolute atomic E-state index is 10.4. The van der Waals surface area contributed by atoms with Crippen LogP contribution in [0.5, 0.6) is 0 Å². The Hall–Kier alpha value is -7.92. The van der Waals surface area contributed by atoms with Gasteiger partial charge in [0.2, 0.25) is 0 Å². The minimum atomic E-state index is -0.851. The fourth-order valence-corrected chi connectivity index (χ4v) is 9.70. The first kappa shape index (κ1) is 32.5. The van der Waals surface area contributed by atoms with Crippen LogP contribution < -0.4 is 0 Å². The van der Waals surface area contributed by atoms with Gasteiger partial charge < -0.3 is 9.13 Å². The molecule has 11 rings (SSSR count). The Balaban J connectivity index is 1.36. The molecular formula is C53H32N4. The molecule has 2 aromatic heterocycles. The van der Waals surface area contributed by atoms with Crippen molar-refractivity contribution in [1.29, 1.82) is 10.5 Å². The van der Waals surface area contributed by atoms with E-state index in [1.54, 1.807) is 0 Å². The summed E-state index contributed by atoms with van der Waals surface area (Å²) in [6.07, 6.45) is 0. The summed E-state index contributed by atoms with van der Waals surface area (Å²) in [5, 5.41) is 25.5. The van der Waals surface area contributed by atoms with Crippen LogP contribution in [0.4, 0.5) is 0 Å². The lowest BCUT2D eigenvalue weighted by Gasteiger charge is -2.43. The average Bonchev–Trinajstić information content (AvgIpc) is 3.80. The molecule has 1 aliphatic rings. The summed E-state index contributed by atoms with van der Waals surface area (Å²) < 4.78 is 4.80. The van der Waals surface area contributed by atoms with Gasteiger partial charge >= 0.3 is 0 Å². The maximum Gasteiger partial charge on any atom is 0.138 e. The Bertz CT molecular complexity index is 3080. The van der Waals surface area contributed by atoms with Gasteiger partial charge in [0.15, 0.2) is 0 Å². The zero-order valence-electron chi connectivity index (χ0n) is 30.8. The second-order valence-electron chi connectivity index (χ2n) is 14.7. The van der Waals surface area contributed by atoms with Gasteiger partial charge in [0.25, 0.3) is 0 Å². The third kappa shape index (κ3) is 4.53. The van der Waals surface area contributed by atoms with Gasteiger partial charge in [0.1, 0.15) is 17.7 Å². The molecule has 0 amide bonds. The highest BCUT2D eigenvalue weighted by Gasteiger charge is 2.46. The summed E-state index contributed by atoms with van der Waals surface area (Å²) in [6.45, 7) is 0. The molecule has 0 aliphatic heterocycles. The van der Waals surface area contributed by atoms with Gasteiger partial charge in [-0.05, 0) is 75.8 Å². The largest absolute Gasteiger partial charge is 0.309 e. The number of fused-ring (bicyclic) bond motifs is 8. The molecular weight excluding hydrogens is 693 g/mol. The van der Waals surface area contributed by atoms with Crippen molar-refractivity contribution in [3.8, 4) is 23.5 Å². The molecule has 0 atom stereocenters. The smallest absolute Gasteiger partial charge is 0.138 e. The molecule has 0 N–H and O–H groups in total. The topological polar surface area (TPSA) is 57.4 Å². The molecule has 8 aromatic carbocycles. The number of benzene rings is 8. The zero-order chi connectivity index (χ0) is 38.1. The Labute approximate surface area is 329 Å². The van der Waals surface area contributed by atoms with E-state index in [-0.39, 0.29) is 5.57 Å². The Morgan fingerprint density at radius 1 is 0.386 bits per heavy atom. The number of hydrogen-bond acceptors (Lipinski definition) is 2. The van der Waals surface area contributed by atoms with Gasteiger partial charge in [-0.2, -0.15) is 10.5 Å². The van der Waals surface area contributed by atoms with E-state index < -0.39 is 5.41 Å². The summed E-state index contributed by atoms with van der Waals surface area (Å²) in [5.74, 6) is 0. The van der Waals surface area contributed by atoms with Crippen molar-refractivity contribution in [2.24, 2.45) is 0 Å². The molecule has 1 aliphatic carbocycles. The summed E-state index contributed by atoms with van der Waals surface area (Å²) >= 11 is 0. The maximum atomic E-state index is 10.4. The van der Waals surface area contributed by atoms with Crippen LogP contribution in [0.25, 0.3) is 60.6 Å². The van der Waals surface area contributed by atoms with Gasteiger partial charge in [0, 0.05) is 38.5 Å². The van der Waals surface area contributed by atoms with E-state index in [0.717, 1.165) is 66.8 Å². The van der Waals surface area contributed by atoms with E-state index in [0.29, 0.717) is 5.57 Å². The molecule has 0 saturated carbocycles. The lowest BCUT2D eigenvalue weighted by atomic mass is 9.58. The van der Waals surface area contributed by atoms with Crippen molar-refractivity contribution < 1.29 is 0 Å². The van der Waals surface area contributed by atoms with Crippen molar-refractivity contribution >= 4 is 49.2 Å². The Morgan fingerprint density at radius 3 is 1.18 bits per heavy atom. The second kappa shape index (κ2) is 12.6. The van der Waals surface area contributed by atoms with Crippen molar-refractivity contribution in [3.05, 3.63) is 233 Å². The van der Waals surface area contributed by atoms with Crippen molar-refractivity contribution in [3.63, 3.8) is 0 Å². The molecule has 4 nitrogen and oxygen atoms in total. The molecule has 10 aromatic rings. The minimum Gasteiger partial charge on any atom is -0.309 e. The molecule has 2 heterocycles.